The van der Waals surface area contributed by atoms with Crippen molar-refractivity contribution >= 4 is 9.92 Å². The van der Waals surface area contributed by atoms with E-state index in [-0.39, 0.29) is 0 Å². The quantitative estimate of drug-likeness (QED) is 0.840. The second kappa shape index (κ2) is 4.74. The summed E-state index contributed by atoms with van der Waals surface area (Å²) in [6.07, 6.45) is 0. The first-order valence-electron chi connectivity index (χ1n) is 4.66. The summed E-state index contributed by atoms with van der Waals surface area (Å²) < 4.78 is 18.0. The number of hydrogen-bond donors (Lipinski definition) is 1. The van der Waals surface area contributed by atoms with Gasteiger partial charge in [0.05, 0.1) is 4.90 Å². The first kappa shape index (κ1) is 12.2. The van der Waals surface area contributed by atoms with Gasteiger partial charge in [-0.3, -0.25) is 0 Å². The van der Waals surface area contributed by atoms with Crippen LogP contribution < -0.4 is 5.73 Å². The molecule has 0 aromatic heterocycles. The topological polar surface area (TPSA) is 58.7 Å². The molecular weight excluding hydrogens is 210 g/mol. The smallest absolute Gasteiger partial charge is 0.139 e. The molecule has 0 saturated carbocycles. The van der Waals surface area contributed by atoms with Crippen molar-refractivity contribution in [2.45, 2.75) is 11.4 Å². The monoisotopic (exact) mass is 227 g/mol. The van der Waals surface area contributed by atoms with Crippen LogP contribution in [0.5, 0.6) is 0 Å². The standard InChI is InChI=1S/C10H17N3OS/c1-12-15(14,13(2)3)10-6-4-9(8-11)5-7-10/h4-7H,8,11H2,1-3H3. The number of nitrogens with two attached hydrogens (primary N) is 1. The molecule has 0 aliphatic rings. The van der Waals surface area contributed by atoms with Crippen LogP contribution in [0.4, 0.5) is 0 Å². The minimum atomic E-state index is -2.43. The zero-order valence-corrected chi connectivity index (χ0v) is 10.1. The summed E-state index contributed by atoms with van der Waals surface area (Å²) in [6, 6.07) is 7.39. The van der Waals surface area contributed by atoms with Crippen LogP contribution >= 0.6 is 0 Å². The van der Waals surface area contributed by atoms with Crippen LogP contribution in [0.25, 0.3) is 0 Å². The van der Waals surface area contributed by atoms with Gasteiger partial charge in [-0.1, -0.05) is 12.1 Å². The summed E-state index contributed by atoms with van der Waals surface area (Å²) >= 11 is 0. The van der Waals surface area contributed by atoms with Crippen LogP contribution in [0.3, 0.4) is 0 Å². The number of benzene rings is 1. The lowest BCUT2D eigenvalue weighted by molar-refractivity contribution is 0.591. The molecule has 4 nitrogen and oxygen atoms in total. The van der Waals surface area contributed by atoms with Gasteiger partial charge in [0.15, 0.2) is 0 Å². The van der Waals surface area contributed by atoms with Crippen molar-refractivity contribution in [2.24, 2.45) is 10.1 Å². The first-order valence-corrected chi connectivity index (χ1v) is 6.13. The SMILES string of the molecule is CN=S(=O)(c1ccc(CN)cc1)N(C)C. The summed E-state index contributed by atoms with van der Waals surface area (Å²) in [7, 11) is 2.65. The van der Waals surface area contributed by atoms with Gasteiger partial charge in [-0.25, -0.2) is 12.9 Å². The van der Waals surface area contributed by atoms with E-state index in [4.69, 9.17) is 5.73 Å². The fraction of sp³-hybridized carbons (Fsp3) is 0.400. The van der Waals surface area contributed by atoms with Crippen LogP contribution in [-0.2, 0) is 16.5 Å². The average Bonchev–Trinajstić information content (AvgIpc) is 2.28. The molecule has 0 heterocycles. The maximum absolute atomic E-state index is 12.4. The Morgan fingerprint density at radius 1 is 1.33 bits per heavy atom. The molecule has 0 radical (unpaired) electrons. The van der Waals surface area contributed by atoms with E-state index < -0.39 is 9.92 Å². The zero-order chi connectivity index (χ0) is 11.5. The lowest BCUT2D eigenvalue weighted by Gasteiger charge is -2.16. The van der Waals surface area contributed by atoms with E-state index in [1.807, 2.05) is 24.3 Å². The Balaban J connectivity index is 3.22. The molecule has 1 rings (SSSR count). The van der Waals surface area contributed by atoms with Crippen LogP contribution in [0.2, 0.25) is 0 Å². The molecule has 0 fully saturated rings. The summed E-state index contributed by atoms with van der Waals surface area (Å²) in [5, 5.41) is 0. The highest BCUT2D eigenvalue weighted by Crippen LogP contribution is 2.16. The Morgan fingerprint density at radius 3 is 2.20 bits per heavy atom. The van der Waals surface area contributed by atoms with Crippen molar-refractivity contribution in [1.29, 1.82) is 0 Å². The highest BCUT2D eigenvalue weighted by molar-refractivity contribution is 7.91. The van der Waals surface area contributed by atoms with Crippen molar-refractivity contribution in [1.82, 2.24) is 4.31 Å². The molecule has 1 atom stereocenters. The molecule has 5 heteroatoms. The Kier molecular flexibility index (Phi) is 3.84. The lowest BCUT2D eigenvalue weighted by atomic mass is 10.2. The normalized spacial score (nSPS) is 15.0. The van der Waals surface area contributed by atoms with Gasteiger partial charge in [-0.2, -0.15) is 0 Å². The second-order valence-corrected chi connectivity index (χ2v) is 5.90. The van der Waals surface area contributed by atoms with Crippen molar-refractivity contribution in [3.63, 3.8) is 0 Å². The Morgan fingerprint density at radius 2 is 1.87 bits per heavy atom. The van der Waals surface area contributed by atoms with Crippen LogP contribution in [0.1, 0.15) is 5.56 Å². The Bertz CT molecular complexity index is 430. The highest BCUT2D eigenvalue weighted by Gasteiger charge is 2.13. The van der Waals surface area contributed by atoms with Crippen molar-refractivity contribution in [3.05, 3.63) is 29.8 Å². The predicted octanol–water partition coefficient (Wildman–Crippen LogP) is 1.08. The largest absolute Gasteiger partial charge is 0.326 e. The fourth-order valence-electron chi connectivity index (χ4n) is 1.28. The van der Waals surface area contributed by atoms with Crippen molar-refractivity contribution in [3.8, 4) is 0 Å². The summed E-state index contributed by atoms with van der Waals surface area (Å²) in [5.41, 5.74) is 6.52. The van der Waals surface area contributed by atoms with Crippen LogP contribution in [-0.4, -0.2) is 29.7 Å². The summed E-state index contributed by atoms with van der Waals surface area (Å²) in [5.74, 6) is 0. The average molecular weight is 227 g/mol. The van der Waals surface area contributed by atoms with Gasteiger partial charge in [0.25, 0.3) is 0 Å². The Labute approximate surface area is 91.4 Å². The molecule has 0 aliphatic heterocycles. The highest BCUT2D eigenvalue weighted by atomic mass is 32.2. The molecule has 15 heavy (non-hydrogen) atoms. The molecular formula is C10H17N3OS. The van der Waals surface area contributed by atoms with E-state index in [1.165, 1.54) is 0 Å². The van der Waals surface area contributed by atoms with E-state index in [0.717, 1.165) is 5.56 Å². The van der Waals surface area contributed by atoms with Crippen molar-refractivity contribution in [2.75, 3.05) is 21.1 Å². The number of rotatable bonds is 3. The fourth-order valence-corrected chi connectivity index (χ4v) is 2.73. The van der Waals surface area contributed by atoms with Gasteiger partial charge in [-0.15, -0.1) is 0 Å². The molecule has 0 aliphatic carbocycles. The van der Waals surface area contributed by atoms with Gasteiger partial charge < -0.3 is 5.73 Å². The van der Waals surface area contributed by atoms with Crippen LogP contribution in [0, 0.1) is 0 Å². The summed E-state index contributed by atoms with van der Waals surface area (Å²) in [4.78, 5) is 0.715. The van der Waals surface area contributed by atoms with Gasteiger partial charge in [-0.05, 0) is 17.7 Å². The van der Waals surface area contributed by atoms with Crippen molar-refractivity contribution < 1.29 is 4.21 Å². The summed E-state index contributed by atoms with van der Waals surface area (Å²) in [6.45, 7) is 0.493. The molecule has 1 aromatic carbocycles. The molecule has 0 spiro atoms. The van der Waals surface area contributed by atoms with E-state index in [2.05, 4.69) is 4.36 Å². The van der Waals surface area contributed by atoms with E-state index in [1.54, 1.807) is 25.4 Å². The Hall–Kier alpha value is -0.910. The molecule has 1 unspecified atom stereocenters. The van der Waals surface area contributed by atoms with E-state index in [0.29, 0.717) is 11.4 Å². The van der Waals surface area contributed by atoms with Crippen LogP contribution in [0.15, 0.2) is 33.5 Å². The van der Waals surface area contributed by atoms with E-state index in [9.17, 15) is 4.21 Å². The maximum atomic E-state index is 12.4. The molecule has 2 N–H and O–H groups in total. The van der Waals surface area contributed by atoms with Gasteiger partial charge in [0.2, 0.25) is 0 Å². The molecule has 0 amide bonds. The lowest BCUT2D eigenvalue weighted by Crippen LogP contribution is -2.22. The number of hydrogen-bond acceptors (Lipinski definition) is 3. The minimum absolute atomic E-state index is 0.493. The third kappa shape index (κ3) is 2.37. The van der Waals surface area contributed by atoms with Gasteiger partial charge in [0, 0.05) is 27.7 Å². The third-order valence-electron chi connectivity index (χ3n) is 2.21. The minimum Gasteiger partial charge on any atom is -0.326 e. The van der Waals surface area contributed by atoms with Gasteiger partial charge in [0.1, 0.15) is 9.92 Å². The molecule has 0 saturated heterocycles. The molecule has 0 bridgehead atoms. The zero-order valence-electron chi connectivity index (χ0n) is 9.30. The first-order chi connectivity index (χ1) is 7.04. The third-order valence-corrected chi connectivity index (χ3v) is 4.58. The predicted molar refractivity (Wildman–Crippen MR) is 62.8 cm³/mol. The van der Waals surface area contributed by atoms with Gasteiger partial charge >= 0.3 is 0 Å². The second-order valence-electron chi connectivity index (χ2n) is 3.34. The molecule has 1 aromatic rings. The van der Waals surface area contributed by atoms with E-state index >= 15 is 0 Å². The maximum Gasteiger partial charge on any atom is 0.139 e. The molecule has 84 valence electrons. The number of nitrogens with zero attached hydrogens (tertiary/aromatic N) is 2.